The fourth-order valence-electron chi connectivity index (χ4n) is 2.52. The van der Waals surface area contributed by atoms with Crippen LogP contribution in [0.15, 0.2) is 10.5 Å². The van der Waals surface area contributed by atoms with Crippen molar-refractivity contribution in [1.82, 2.24) is 9.78 Å². The predicted molar refractivity (Wildman–Crippen MR) is 84.1 cm³/mol. The van der Waals surface area contributed by atoms with E-state index in [1.54, 1.807) is 24.9 Å². The molecule has 0 bridgehead atoms. The molecule has 0 amide bonds. The number of methoxy groups -OCH3 is 1. The second-order valence-corrected chi connectivity index (χ2v) is 5.73. The van der Waals surface area contributed by atoms with Crippen molar-refractivity contribution in [3.05, 3.63) is 32.9 Å². The number of ether oxygens (including phenoxy) is 1. The maximum Gasteiger partial charge on any atom is 0.356 e. The van der Waals surface area contributed by atoms with E-state index in [4.69, 9.17) is 9.84 Å². The number of hydrogen-bond donors (Lipinski definition) is 1. The normalized spacial score (nSPS) is 10.8. The first kappa shape index (κ1) is 15.6. The molecule has 2 aromatic rings. The summed E-state index contributed by atoms with van der Waals surface area (Å²) in [5.41, 5.74) is 4.85. The highest BCUT2D eigenvalue weighted by molar-refractivity contribution is 9.10. The third-order valence-electron chi connectivity index (χ3n) is 3.74. The molecule has 0 fully saturated rings. The molecule has 112 valence electrons. The maximum atomic E-state index is 11.1. The lowest BCUT2D eigenvalue weighted by molar-refractivity contribution is 0.0689. The van der Waals surface area contributed by atoms with Gasteiger partial charge in [0, 0.05) is 12.6 Å². The summed E-state index contributed by atoms with van der Waals surface area (Å²) < 4.78 is 7.91. The van der Waals surface area contributed by atoms with Gasteiger partial charge in [0.15, 0.2) is 5.69 Å². The third-order valence-corrected chi connectivity index (χ3v) is 4.70. The quantitative estimate of drug-likeness (QED) is 0.918. The van der Waals surface area contributed by atoms with Gasteiger partial charge in [-0.2, -0.15) is 5.10 Å². The third kappa shape index (κ3) is 2.44. The molecule has 21 heavy (non-hydrogen) atoms. The molecule has 0 aliphatic carbocycles. The molecule has 0 saturated heterocycles. The number of carboxylic acid groups (broad SMARTS) is 1. The van der Waals surface area contributed by atoms with Crippen LogP contribution >= 0.6 is 15.9 Å². The topological polar surface area (TPSA) is 64.3 Å². The smallest absolute Gasteiger partial charge is 0.356 e. The van der Waals surface area contributed by atoms with E-state index in [-0.39, 0.29) is 5.69 Å². The Labute approximate surface area is 131 Å². The molecule has 0 atom stereocenters. The van der Waals surface area contributed by atoms with Gasteiger partial charge in [0.1, 0.15) is 5.75 Å². The lowest BCUT2D eigenvalue weighted by Crippen LogP contribution is -2.02. The number of halogens is 1. The van der Waals surface area contributed by atoms with Crippen molar-refractivity contribution in [2.24, 2.45) is 7.05 Å². The Kier molecular flexibility index (Phi) is 4.09. The molecule has 1 N–H and O–H groups in total. The summed E-state index contributed by atoms with van der Waals surface area (Å²) in [4.78, 5) is 11.1. The highest BCUT2D eigenvalue weighted by atomic mass is 79.9. The molecule has 1 aromatic heterocycles. The zero-order valence-electron chi connectivity index (χ0n) is 12.6. The average Bonchev–Trinajstić information content (AvgIpc) is 2.80. The molecule has 5 nitrogen and oxygen atoms in total. The summed E-state index contributed by atoms with van der Waals surface area (Å²) in [7, 11) is 3.38. The Bertz CT molecular complexity index is 706. The monoisotopic (exact) mass is 352 g/mol. The van der Waals surface area contributed by atoms with Crippen LogP contribution < -0.4 is 4.74 Å². The maximum absolute atomic E-state index is 11.1. The standard InChI is InChI=1S/C15H17BrN2O3/c1-7-8(2)14(21-5)13(16)9(3)12(7)11-6-10(15(19)20)17-18(11)4/h6H,1-5H3,(H,19,20). The number of aryl methyl sites for hydroxylation is 1. The van der Waals surface area contributed by atoms with Gasteiger partial charge >= 0.3 is 5.97 Å². The minimum atomic E-state index is -1.03. The van der Waals surface area contributed by atoms with Crippen molar-refractivity contribution < 1.29 is 14.6 Å². The van der Waals surface area contributed by atoms with Gasteiger partial charge in [-0.3, -0.25) is 4.68 Å². The first-order valence-electron chi connectivity index (χ1n) is 6.40. The Morgan fingerprint density at radius 1 is 1.29 bits per heavy atom. The van der Waals surface area contributed by atoms with Crippen molar-refractivity contribution in [2.75, 3.05) is 7.11 Å². The number of benzene rings is 1. The van der Waals surface area contributed by atoms with Crippen molar-refractivity contribution >= 4 is 21.9 Å². The Morgan fingerprint density at radius 3 is 2.38 bits per heavy atom. The van der Waals surface area contributed by atoms with Gasteiger partial charge in [0.2, 0.25) is 0 Å². The lowest BCUT2D eigenvalue weighted by Gasteiger charge is -2.18. The minimum Gasteiger partial charge on any atom is -0.495 e. The van der Waals surface area contributed by atoms with E-state index in [1.165, 1.54) is 0 Å². The van der Waals surface area contributed by atoms with Crippen LogP contribution in [-0.2, 0) is 7.05 Å². The van der Waals surface area contributed by atoms with E-state index in [1.807, 2.05) is 20.8 Å². The summed E-state index contributed by atoms with van der Waals surface area (Å²) in [5, 5.41) is 13.1. The van der Waals surface area contributed by atoms with Crippen molar-refractivity contribution in [3.8, 4) is 17.0 Å². The number of rotatable bonds is 3. The summed E-state index contributed by atoms with van der Waals surface area (Å²) in [6.07, 6.45) is 0. The van der Waals surface area contributed by atoms with Gasteiger partial charge in [0.25, 0.3) is 0 Å². The fourth-order valence-corrected chi connectivity index (χ4v) is 3.17. The van der Waals surface area contributed by atoms with E-state index in [9.17, 15) is 4.79 Å². The fraction of sp³-hybridized carbons (Fsp3) is 0.333. The molecule has 6 heteroatoms. The van der Waals surface area contributed by atoms with Crippen LogP contribution in [0.2, 0.25) is 0 Å². The molecule has 0 aliphatic rings. The van der Waals surface area contributed by atoms with Crippen LogP contribution in [0.4, 0.5) is 0 Å². The van der Waals surface area contributed by atoms with Crippen LogP contribution in [-0.4, -0.2) is 28.0 Å². The molecule has 0 aliphatic heterocycles. The highest BCUT2D eigenvalue weighted by Crippen LogP contribution is 2.41. The first-order valence-corrected chi connectivity index (χ1v) is 7.19. The summed E-state index contributed by atoms with van der Waals surface area (Å²) >= 11 is 3.56. The van der Waals surface area contributed by atoms with Crippen molar-refractivity contribution in [2.45, 2.75) is 20.8 Å². The Balaban J connectivity index is 2.79. The molecule has 0 radical (unpaired) electrons. The van der Waals surface area contributed by atoms with Crippen LogP contribution in [0.25, 0.3) is 11.3 Å². The second kappa shape index (κ2) is 5.52. The number of nitrogens with zero attached hydrogens (tertiary/aromatic N) is 2. The lowest BCUT2D eigenvalue weighted by atomic mass is 9.95. The number of aromatic carboxylic acids is 1. The van der Waals surface area contributed by atoms with Gasteiger partial charge in [-0.25, -0.2) is 4.79 Å². The van der Waals surface area contributed by atoms with Gasteiger partial charge in [-0.15, -0.1) is 0 Å². The molecular formula is C15H17BrN2O3. The largest absolute Gasteiger partial charge is 0.495 e. The summed E-state index contributed by atoms with van der Waals surface area (Å²) in [6, 6.07) is 1.59. The zero-order chi connectivity index (χ0) is 15.9. The van der Waals surface area contributed by atoms with Crippen LogP contribution in [0.5, 0.6) is 5.75 Å². The molecule has 2 rings (SSSR count). The molecule has 0 unspecified atom stereocenters. The number of hydrogen-bond acceptors (Lipinski definition) is 3. The average molecular weight is 353 g/mol. The van der Waals surface area contributed by atoms with Gasteiger partial charge in [-0.1, -0.05) is 0 Å². The predicted octanol–water partition coefficient (Wildman–Crippen LogP) is 3.48. The van der Waals surface area contributed by atoms with Gasteiger partial charge < -0.3 is 9.84 Å². The SMILES string of the molecule is COc1c(C)c(C)c(-c2cc(C(=O)O)nn2C)c(C)c1Br. The van der Waals surface area contributed by atoms with Gasteiger partial charge in [0.05, 0.1) is 17.3 Å². The number of carbonyl (C=O) groups is 1. The molecule has 1 heterocycles. The molecule has 1 aromatic carbocycles. The summed E-state index contributed by atoms with van der Waals surface area (Å²) in [6.45, 7) is 5.96. The van der Waals surface area contributed by atoms with Crippen LogP contribution in [0, 0.1) is 20.8 Å². The van der Waals surface area contributed by atoms with E-state index in [0.717, 1.165) is 38.2 Å². The Hall–Kier alpha value is -1.82. The van der Waals surface area contributed by atoms with E-state index >= 15 is 0 Å². The minimum absolute atomic E-state index is 0.0379. The van der Waals surface area contributed by atoms with E-state index in [2.05, 4.69) is 21.0 Å². The van der Waals surface area contributed by atoms with E-state index in [0.29, 0.717) is 0 Å². The molecular weight excluding hydrogens is 336 g/mol. The number of aromatic nitrogens is 2. The van der Waals surface area contributed by atoms with Crippen molar-refractivity contribution in [3.63, 3.8) is 0 Å². The van der Waals surface area contributed by atoms with E-state index < -0.39 is 5.97 Å². The first-order chi connectivity index (χ1) is 9.79. The number of carboxylic acids is 1. The Morgan fingerprint density at radius 2 is 1.90 bits per heavy atom. The van der Waals surface area contributed by atoms with Crippen LogP contribution in [0.1, 0.15) is 27.2 Å². The zero-order valence-corrected chi connectivity index (χ0v) is 14.2. The van der Waals surface area contributed by atoms with Crippen LogP contribution in [0.3, 0.4) is 0 Å². The molecule has 0 saturated carbocycles. The highest BCUT2D eigenvalue weighted by Gasteiger charge is 2.21. The molecule has 0 spiro atoms. The summed E-state index contributed by atoms with van der Waals surface area (Å²) in [5.74, 6) is -0.231. The second-order valence-electron chi connectivity index (χ2n) is 4.94. The van der Waals surface area contributed by atoms with Gasteiger partial charge in [-0.05, 0) is 59.5 Å². The van der Waals surface area contributed by atoms with Crippen molar-refractivity contribution in [1.29, 1.82) is 0 Å².